The summed E-state index contributed by atoms with van der Waals surface area (Å²) < 4.78 is 0. The van der Waals surface area contributed by atoms with Crippen molar-refractivity contribution in [2.45, 2.75) is 19.8 Å². The third kappa shape index (κ3) is 5.70. The smallest absolute Gasteiger partial charge is 0.00365 e. The number of rotatable bonds is 4. The van der Waals surface area contributed by atoms with Crippen molar-refractivity contribution in [2.75, 3.05) is 0 Å². The van der Waals surface area contributed by atoms with Crippen molar-refractivity contribution >= 4 is 12.6 Å². The average molecular weight is 154 g/mol. The van der Waals surface area contributed by atoms with E-state index in [4.69, 9.17) is 0 Å². The molecule has 0 fully saturated rings. The van der Waals surface area contributed by atoms with Crippen LogP contribution in [-0.4, -0.2) is 0 Å². The molecule has 0 bridgehead atoms. The molecular weight excluding hydrogens is 140 g/mol. The van der Waals surface area contributed by atoms with Crippen LogP contribution in [0.4, 0.5) is 0 Å². The molecule has 0 heterocycles. The zero-order valence-corrected chi connectivity index (χ0v) is 7.27. The molecular formula is C9H14S. The van der Waals surface area contributed by atoms with Gasteiger partial charge in [-0.2, -0.15) is 0 Å². The monoisotopic (exact) mass is 154 g/mol. The Bertz CT molecular complexity index is 143. The van der Waals surface area contributed by atoms with Gasteiger partial charge in [-0.25, -0.2) is 0 Å². The Kier molecular flexibility index (Phi) is 6.40. The van der Waals surface area contributed by atoms with E-state index in [1.807, 2.05) is 12.2 Å². The van der Waals surface area contributed by atoms with Crippen molar-refractivity contribution in [1.29, 1.82) is 0 Å². The Hall–Kier alpha value is -0.430. The molecule has 0 saturated heterocycles. The quantitative estimate of drug-likeness (QED) is 0.466. The van der Waals surface area contributed by atoms with E-state index in [1.165, 1.54) is 6.42 Å². The number of allylic oxidation sites excluding steroid dienone is 4. The van der Waals surface area contributed by atoms with E-state index in [0.717, 1.165) is 11.3 Å². The van der Waals surface area contributed by atoms with Gasteiger partial charge in [0.2, 0.25) is 0 Å². The maximum atomic E-state index is 4.19. The fourth-order valence-corrected chi connectivity index (χ4v) is 0.758. The van der Waals surface area contributed by atoms with E-state index in [1.54, 1.807) is 6.08 Å². The highest BCUT2D eigenvalue weighted by atomic mass is 32.1. The fourth-order valence-electron chi connectivity index (χ4n) is 0.547. The van der Waals surface area contributed by atoms with Crippen LogP contribution in [0.1, 0.15) is 19.8 Å². The van der Waals surface area contributed by atoms with Crippen molar-refractivity contribution in [2.24, 2.45) is 0 Å². The Morgan fingerprint density at radius 2 is 2.30 bits per heavy atom. The molecule has 0 aromatic carbocycles. The second-order valence-electron chi connectivity index (χ2n) is 2.02. The van der Waals surface area contributed by atoms with Crippen LogP contribution in [0, 0.1) is 0 Å². The van der Waals surface area contributed by atoms with Gasteiger partial charge < -0.3 is 0 Å². The summed E-state index contributed by atoms with van der Waals surface area (Å²) in [7, 11) is 0. The van der Waals surface area contributed by atoms with Crippen molar-refractivity contribution in [3.8, 4) is 0 Å². The molecule has 0 amide bonds. The summed E-state index contributed by atoms with van der Waals surface area (Å²) in [5, 5.41) is 0. The minimum atomic E-state index is 0.962. The normalized spacial score (nSPS) is 12.4. The van der Waals surface area contributed by atoms with Gasteiger partial charge in [0.15, 0.2) is 0 Å². The van der Waals surface area contributed by atoms with Gasteiger partial charge in [0.1, 0.15) is 0 Å². The molecule has 0 aromatic heterocycles. The third-order valence-corrected chi connectivity index (χ3v) is 1.33. The number of unbranched alkanes of at least 4 members (excludes halogenated alkanes) is 1. The highest BCUT2D eigenvalue weighted by Gasteiger charge is 1.77. The maximum Gasteiger partial charge on any atom is 0.00365 e. The van der Waals surface area contributed by atoms with Crippen LogP contribution in [0.15, 0.2) is 35.8 Å². The number of thiol groups is 1. The molecule has 10 heavy (non-hydrogen) atoms. The van der Waals surface area contributed by atoms with E-state index < -0.39 is 0 Å². The van der Waals surface area contributed by atoms with E-state index >= 15 is 0 Å². The van der Waals surface area contributed by atoms with Gasteiger partial charge in [0.25, 0.3) is 0 Å². The highest BCUT2D eigenvalue weighted by Crippen LogP contribution is 2.03. The van der Waals surface area contributed by atoms with E-state index in [-0.39, 0.29) is 0 Å². The molecule has 0 unspecified atom stereocenters. The molecule has 0 nitrogen and oxygen atoms in total. The SMILES string of the molecule is C=C/C=C(S)\C=C/CCC. The number of hydrogen-bond acceptors (Lipinski definition) is 1. The molecule has 0 atom stereocenters. The lowest BCUT2D eigenvalue weighted by Crippen LogP contribution is -1.63. The molecule has 56 valence electrons. The molecule has 0 aromatic rings. The topological polar surface area (TPSA) is 0 Å². The van der Waals surface area contributed by atoms with Crippen LogP contribution in [0.5, 0.6) is 0 Å². The predicted octanol–water partition coefficient (Wildman–Crippen LogP) is 3.34. The summed E-state index contributed by atoms with van der Waals surface area (Å²) in [5.74, 6) is 0. The Labute approximate surface area is 68.7 Å². The van der Waals surface area contributed by atoms with Crippen molar-refractivity contribution < 1.29 is 0 Å². The third-order valence-electron chi connectivity index (χ3n) is 1.03. The lowest BCUT2D eigenvalue weighted by molar-refractivity contribution is 0.958. The van der Waals surface area contributed by atoms with Crippen LogP contribution in [0.2, 0.25) is 0 Å². The Morgan fingerprint density at radius 3 is 2.80 bits per heavy atom. The molecule has 1 heteroatoms. The van der Waals surface area contributed by atoms with E-state index in [9.17, 15) is 0 Å². The molecule has 0 aliphatic heterocycles. The van der Waals surface area contributed by atoms with Gasteiger partial charge in [-0.3, -0.25) is 0 Å². The lowest BCUT2D eigenvalue weighted by atomic mass is 10.3. The predicted molar refractivity (Wildman–Crippen MR) is 51.3 cm³/mol. The first-order valence-corrected chi connectivity index (χ1v) is 3.94. The second-order valence-corrected chi connectivity index (χ2v) is 2.53. The largest absolute Gasteiger partial charge is 0.143 e. The molecule has 0 N–H and O–H groups in total. The highest BCUT2D eigenvalue weighted by molar-refractivity contribution is 7.84. The van der Waals surface area contributed by atoms with E-state index in [2.05, 4.69) is 32.2 Å². The summed E-state index contributed by atoms with van der Waals surface area (Å²) in [6.45, 7) is 5.72. The van der Waals surface area contributed by atoms with Gasteiger partial charge in [-0.05, 0) is 12.5 Å². The first kappa shape index (κ1) is 9.57. The van der Waals surface area contributed by atoms with Crippen molar-refractivity contribution in [1.82, 2.24) is 0 Å². The standard InChI is InChI=1S/C9H14S/c1-3-5-6-8-9(10)7-4-2/h4,6-8,10H,2-3,5H2,1H3/b8-6-,9-7+. The van der Waals surface area contributed by atoms with Gasteiger partial charge in [0.05, 0.1) is 0 Å². The Balaban J connectivity index is 3.65. The van der Waals surface area contributed by atoms with Crippen molar-refractivity contribution in [3.05, 3.63) is 35.8 Å². The molecule has 0 saturated carbocycles. The molecule has 0 aliphatic rings. The average Bonchev–Trinajstić information content (AvgIpc) is 1.89. The maximum absolute atomic E-state index is 4.19. The molecule has 0 aliphatic carbocycles. The van der Waals surface area contributed by atoms with Gasteiger partial charge in [0, 0.05) is 4.91 Å². The van der Waals surface area contributed by atoms with Crippen LogP contribution >= 0.6 is 12.6 Å². The van der Waals surface area contributed by atoms with Gasteiger partial charge in [-0.15, -0.1) is 12.6 Å². The molecule has 0 spiro atoms. The van der Waals surface area contributed by atoms with Gasteiger partial charge >= 0.3 is 0 Å². The first-order chi connectivity index (χ1) is 4.81. The summed E-state index contributed by atoms with van der Waals surface area (Å²) in [5.41, 5.74) is 0. The first-order valence-electron chi connectivity index (χ1n) is 3.49. The number of hydrogen-bond donors (Lipinski definition) is 1. The van der Waals surface area contributed by atoms with Crippen LogP contribution < -0.4 is 0 Å². The summed E-state index contributed by atoms with van der Waals surface area (Å²) >= 11 is 4.19. The minimum absolute atomic E-state index is 0.962. The van der Waals surface area contributed by atoms with Gasteiger partial charge in [-0.1, -0.05) is 38.2 Å². The summed E-state index contributed by atoms with van der Waals surface area (Å²) in [6.07, 6.45) is 10.0. The fraction of sp³-hybridized carbons (Fsp3) is 0.333. The van der Waals surface area contributed by atoms with Crippen LogP contribution in [0.25, 0.3) is 0 Å². The summed E-state index contributed by atoms with van der Waals surface area (Å²) in [6, 6.07) is 0. The molecule has 0 radical (unpaired) electrons. The van der Waals surface area contributed by atoms with Crippen LogP contribution in [-0.2, 0) is 0 Å². The minimum Gasteiger partial charge on any atom is -0.143 e. The summed E-state index contributed by atoms with van der Waals surface area (Å²) in [4.78, 5) is 0.962. The zero-order valence-electron chi connectivity index (χ0n) is 6.38. The van der Waals surface area contributed by atoms with Crippen LogP contribution in [0.3, 0.4) is 0 Å². The lowest BCUT2D eigenvalue weighted by Gasteiger charge is -1.86. The van der Waals surface area contributed by atoms with Crippen molar-refractivity contribution in [3.63, 3.8) is 0 Å². The zero-order chi connectivity index (χ0) is 7.82. The second kappa shape index (κ2) is 6.69. The molecule has 0 rings (SSSR count). The van der Waals surface area contributed by atoms with E-state index in [0.29, 0.717) is 0 Å². The Morgan fingerprint density at radius 1 is 1.60 bits per heavy atom.